The molecule has 0 aromatic heterocycles. The Morgan fingerprint density at radius 2 is 2.13 bits per heavy atom. The van der Waals surface area contributed by atoms with Crippen LogP contribution in [0, 0.1) is 5.82 Å². The first-order valence-corrected chi connectivity index (χ1v) is 4.41. The van der Waals surface area contributed by atoms with Gasteiger partial charge in [0, 0.05) is 11.1 Å². The molecule has 0 heterocycles. The van der Waals surface area contributed by atoms with E-state index in [-0.39, 0.29) is 11.7 Å². The monoisotopic (exact) mass is 209 g/mol. The van der Waals surface area contributed by atoms with E-state index in [1.807, 2.05) is 0 Å². The maximum absolute atomic E-state index is 13.2. The molecule has 4 heteroatoms. The largest absolute Gasteiger partial charge is 0.277 e. The highest BCUT2D eigenvalue weighted by Gasteiger charge is 2.04. The first-order valence-electron chi connectivity index (χ1n) is 4.41. The third kappa shape index (κ3) is 3.18. The summed E-state index contributed by atoms with van der Waals surface area (Å²) in [7, 11) is 1.34. The number of carbonyl (C=O) groups excluding carboxylic acids is 1. The molecule has 15 heavy (non-hydrogen) atoms. The lowest BCUT2D eigenvalue weighted by molar-refractivity contribution is -0.127. The number of hydroxylamine groups is 1. The molecule has 1 N–H and O–H groups in total. The third-order valence-corrected chi connectivity index (χ3v) is 1.83. The van der Waals surface area contributed by atoms with E-state index >= 15 is 0 Å². The molecular weight excluding hydrogens is 197 g/mol. The Balaban J connectivity index is 2.88. The topological polar surface area (TPSA) is 38.3 Å². The Hall–Kier alpha value is -1.68. The molecule has 1 rings (SSSR count). The van der Waals surface area contributed by atoms with Crippen LogP contribution in [0.4, 0.5) is 4.39 Å². The first-order chi connectivity index (χ1) is 7.15. The van der Waals surface area contributed by atoms with Gasteiger partial charge in [0.25, 0.3) is 5.91 Å². The van der Waals surface area contributed by atoms with Gasteiger partial charge in [0.2, 0.25) is 0 Å². The van der Waals surface area contributed by atoms with E-state index in [1.54, 1.807) is 25.1 Å². The van der Waals surface area contributed by atoms with E-state index in [2.05, 4.69) is 10.3 Å². The van der Waals surface area contributed by atoms with Crippen molar-refractivity contribution in [3.63, 3.8) is 0 Å². The van der Waals surface area contributed by atoms with Gasteiger partial charge >= 0.3 is 0 Å². The minimum Gasteiger partial charge on any atom is -0.277 e. The molecule has 0 aliphatic heterocycles. The van der Waals surface area contributed by atoms with E-state index < -0.39 is 0 Å². The molecule has 0 atom stereocenters. The van der Waals surface area contributed by atoms with Crippen LogP contribution in [-0.4, -0.2) is 13.0 Å². The van der Waals surface area contributed by atoms with Gasteiger partial charge in [0.05, 0.1) is 7.11 Å². The highest BCUT2D eigenvalue weighted by Crippen LogP contribution is 2.11. The van der Waals surface area contributed by atoms with Crippen LogP contribution in [0.5, 0.6) is 0 Å². The van der Waals surface area contributed by atoms with Gasteiger partial charge in [0.15, 0.2) is 0 Å². The van der Waals surface area contributed by atoms with Crippen molar-refractivity contribution < 1.29 is 14.0 Å². The Morgan fingerprint density at radius 1 is 1.47 bits per heavy atom. The van der Waals surface area contributed by atoms with Crippen LogP contribution in [0.1, 0.15) is 12.5 Å². The molecule has 0 unspecified atom stereocenters. The highest BCUT2D eigenvalue weighted by atomic mass is 19.1. The van der Waals surface area contributed by atoms with E-state index in [1.165, 1.54) is 19.3 Å². The molecule has 0 aliphatic rings. The molecule has 0 saturated carbocycles. The van der Waals surface area contributed by atoms with Crippen molar-refractivity contribution in [2.75, 3.05) is 7.11 Å². The molecule has 3 nitrogen and oxygen atoms in total. The predicted octanol–water partition coefficient (Wildman–Crippen LogP) is 1.91. The Labute approximate surface area is 87.5 Å². The quantitative estimate of drug-likeness (QED) is 0.610. The van der Waals surface area contributed by atoms with Crippen molar-refractivity contribution >= 4 is 12.0 Å². The van der Waals surface area contributed by atoms with Crippen LogP contribution in [0.15, 0.2) is 29.8 Å². The second-order valence-corrected chi connectivity index (χ2v) is 2.98. The summed E-state index contributed by atoms with van der Waals surface area (Å²) in [6, 6.07) is 6.24. The number of halogens is 1. The SMILES string of the molecule is CONC(=O)/C(C)=C/c1ccccc1F. The molecule has 1 aromatic rings. The van der Waals surface area contributed by atoms with Gasteiger partial charge in [-0.25, -0.2) is 9.87 Å². The smallest absolute Gasteiger partial charge is 0.270 e. The van der Waals surface area contributed by atoms with Crippen molar-refractivity contribution in [2.45, 2.75) is 6.92 Å². The molecular formula is C11H12FNO2. The number of hydrogen-bond acceptors (Lipinski definition) is 2. The molecule has 0 radical (unpaired) electrons. The number of nitrogens with one attached hydrogen (secondary N) is 1. The van der Waals surface area contributed by atoms with Crippen molar-refractivity contribution in [3.05, 3.63) is 41.2 Å². The maximum atomic E-state index is 13.2. The number of hydrogen-bond donors (Lipinski definition) is 1. The van der Waals surface area contributed by atoms with Gasteiger partial charge in [-0.15, -0.1) is 0 Å². The summed E-state index contributed by atoms with van der Waals surface area (Å²) < 4.78 is 13.2. The fraction of sp³-hybridized carbons (Fsp3) is 0.182. The second kappa shape index (κ2) is 5.26. The van der Waals surface area contributed by atoms with Crippen LogP contribution < -0.4 is 5.48 Å². The van der Waals surface area contributed by atoms with Crippen molar-refractivity contribution in [3.8, 4) is 0 Å². The summed E-state index contributed by atoms with van der Waals surface area (Å²) in [4.78, 5) is 15.7. The van der Waals surface area contributed by atoms with E-state index in [0.29, 0.717) is 11.1 Å². The average molecular weight is 209 g/mol. The molecule has 0 saturated heterocycles. The lowest BCUT2D eigenvalue weighted by atomic mass is 10.1. The molecule has 0 spiro atoms. The van der Waals surface area contributed by atoms with Gasteiger partial charge in [-0.05, 0) is 19.1 Å². The lowest BCUT2D eigenvalue weighted by Gasteiger charge is -2.02. The van der Waals surface area contributed by atoms with Crippen LogP contribution in [-0.2, 0) is 9.63 Å². The number of benzene rings is 1. The van der Waals surface area contributed by atoms with Gasteiger partial charge in [-0.2, -0.15) is 0 Å². The molecule has 80 valence electrons. The fourth-order valence-electron chi connectivity index (χ4n) is 1.06. The van der Waals surface area contributed by atoms with E-state index in [0.717, 1.165) is 0 Å². The standard InChI is InChI=1S/C11H12FNO2/c1-8(11(14)13-15-2)7-9-5-3-4-6-10(9)12/h3-7H,1-2H3,(H,13,14)/b8-7+. The van der Waals surface area contributed by atoms with Crippen molar-refractivity contribution in [1.29, 1.82) is 0 Å². The number of rotatable bonds is 3. The highest BCUT2D eigenvalue weighted by molar-refractivity contribution is 5.96. The van der Waals surface area contributed by atoms with Crippen LogP contribution >= 0.6 is 0 Å². The molecule has 0 bridgehead atoms. The summed E-state index contributed by atoms with van der Waals surface area (Å²) in [5.74, 6) is -0.747. The zero-order valence-corrected chi connectivity index (χ0v) is 8.58. The Bertz CT molecular complexity index is 388. The molecule has 1 aromatic carbocycles. The predicted molar refractivity (Wildman–Crippen MR) is 55.2 cm³/mol. The molecule has 0 fully saturated rings. The second-order valence-electron chi connectivity index (χ2n) is 2.98. The van der Waals surface area contributed by atoms with Crippen molar-refractivity contribution in [1.82, 2.24) is 5.48 Å². The number of amides is 1. The Kier molecular flexibility index (Phi) is 4.00. The minimum absolute atomic E-state index is 0.359. The molecule has 1 amide bonds. The van der Waals surface area contributed by atoms with Gasteiger partial charge < -0.3 is 0 Å². The van der Waals surface area contributed by atoms with Gasteiger partial charge in [0.1, 0.15) is 5.82 Å². The fourth-order valence-corrected chi connectivity index (χ4v) is 1.06. The normalized spacial score (nSPS) is 11.3. The molecule has 0 aliphatic carbocycles. The lowest BCUT2D eigenvalue weighted by Crippen LogP contribution is -2.22. The van der Waals surface area contributed by atoms with Gasteiger partial charge in [-0.1, -0.05) is 18.2 Å². The van der Waals surface area contributed by atoms with E-state index in [9.17, 15) is 9.18 Å². The van der Waals surface area contributed by atoms with Gasteiger partial charge in [-0.3, -0.25) is 9.63 Å². The summed E-state index contributed by atoms with van der Waals surface area (Å²) in [5, 5.41) is 0. The third-order valence-electron chi connectivity index (χ3n) is 1.83. The van der Waals surface area contributed by atoms with Crippen LogP contribution in [0.2, 0.25) is 0 Å². The summed E-state index contributed by atoms with van der Waals surface area (Å²) in [6.07, 6.45) is 1.46. The zero-order chi connectivity index (χ0) is 11.3. The van der Waals surface area contributed by atoms with E-state index in [4.69, 9.17) is 0 Å². The maximum Gasteiger partial charge on any atom is 0.270 e. The minimum atomic E-state index is -0.388. The first kappa shape index (κ1) is 11.4. The summed E-state index contributed by atoms with van der Waals surface area (Å²) in [5.41, 5.74) is 2.91. The van der Waals surface area contributed by atoms with Crippen LogP contribution in [0.3, 0.4) is 0 Å². The number of carbonyl (C=O) groups is 1. The van der Waals surface area contributed by atoms with Crippen LogP contribution in [0.25, 0.3) is 6.08 Å². The zero-order valence-electron chi connectivity index (χ0n) is 8.58. The summed E-state index contributed by atoms with van der Waals surface area (Å²) >= 11 is 0. The Morgan fingerprint density at radius 3 is 2.73 bits per heavy atom. The van der Waals surface area contributed by atoms with Crippen molar-refractivity contribution in [2.24, 2.45) is 0 Å². The summed E-state index contributed by atoms with van der Waals surface area (Å²) in [6.45, 7) is 1.58. The average Bonchev–Trinajstić information content (AvgIpc) is 2.21.